The third-order valence-corrected chi connectivity index (χ3v) is 9.20. The number of carbonyl (C=O) groups is 1. The molecule has 0 amide bonds. The minimum Gasteiger partial charge on any atom is -0.478 e. The van der Waals surface area contributed by atoms with Crippen molar-refractivity contribution >= 4 is 36.2 Å². The Morgan fingerprint density at radius 1 is 1.03 bits per heavy atom. The zero-order valence-corrected chi connectivity index (χ0v) is 17.4. The Morgan fingerprint density at radius 3 is 2.32 bits per heavy atom. The Balaban J connectivity index is 2.25. The number of carboxylic acids is 1. The number of halogens is 4. The summed E-state index contributed by atoms with van der Waals surface area (Å²) in [5, 5.41) is 18.9. The van der Waals surface area contributed by atoms with Gasteiger partial charge < -0.3 is 16.2 Å². The molecule has 1 aliphatic heterocycles. The first-order chi connectivity index (χ1) is 14.5. The van der Waals surface area contributed by atoms with E-state index >= 15 is 4.39 Å². The maximum Gasteiger partial charge on any atom is 0.339 e. The highest BCUT2D eigenvalue weighted by Crippen LogP contribution is 2.44. The van der Waals surface area contributed by atoms with Crippen LogP contribution in [0.25, 0.3) is 5.57 Å². The van der Waals surface area contributed by atoms with Gasteiger partial charge in [0.1, 0.15) is 13.6 Å². The molecule has 0 radical (unpaired) electrons. The Kier molecular flexibility index (Phi) is 4.55. The molecule has 0 fully saturated rings. The Labute approximate surface area is 175 Å². The third kappa shape index (κ3) is 2.88. The quantitative estimate of drug-likeness (QED) is 0.212. The molecule has 0 spiro atoms. The lowest BCUT2D eigenvalue weighted by Crippen LogP contribution is -2.49. The van der Waals surface area contributed by atoms with Gasteiger partial charge in [0.2, 0.25) is 0 Å². The number of anilines is 1. The fourth-order valence-electron chi connectivity index (χ4n) is 4.20. The summed E-state index contributed by atoms with van der Waals surface area (Å²) in [6, 6.07) is 4.72. The van der Waals surface area contributed by atoms with Gasteiger partial charge in [0.15, 0.2) is 23.3 Å². The number of aromatic carboxylic acids is 1. The molecular formula is C22H16F4N2O2Si. The van der Waals surface area contributed by atoms with Gasteiger partial charge in [-0.2, -0.15) is 0 Å². The summed E-state index contributed by atoms with van der Waals surface area (Å²) >= 11 is 0. The first kappa shape index (κ1) is 20.8. The van der Waals surface area contributed by atoms with Crippen LogP contribution in [0.3, 0.4) is 0 Å². The topological polar surface area (TPSA) is 87.2 Å². The summed E-state index contributed by atoms with van der Waals surface area (Å²) in [6.07, 6.45) is 4.48. The standard InChI is InChI=1S/C22H16F4N2O2Si/c1-31(2)13-7-9(27)3-5-11(13)15(12-6-4-10(28)8-14(12)31)16-17(22(29)30)19(24)21(26)20(25)18(16)23/h3-8,27H,28H2,1-2H3,(H,29,30). The van der Waals surface area contributed by atoms with Gasteiger partial charge in [-0.05, 0) is 51.4 Å². The van der Waals surface area contributed by atoms with Gasteiger partial charge in [0.25, 0.3) is 0 Å². The van der Waals surface area contributed by atoms with Gasteiger partial charge in [-0.15, -0.1) is 0 Å². The van der Waals surface area contributed by atoms with Crippen molar-refractivity contribution in [2.75, 3.05) is 5.73 Å². The fraction of sp³-hybridized carbons (Fsp3) is 0.0909. The minimum atomic E-state index is -2.52. The summed E-state index contributed by atoms with van der Waals surface area (Å²) < 4.78 is 57.7. The number of nitrogens with two attached hydrogens (primary N) is 1. The molecule has 2 aliphatic rings. The highest BCUT2D eigenvalue weighted by atomic mass is 28.3. The lowest BCUT2D eigenvalue weighted by atomic mass is 9.86. The number of rotatable bonds is 2. The number of hydrogen-bond donors (Lipinski definition) is 3. The van der Waals surface area contributed by atoms with Crippen molar-refractivity contribution < 1.29 is 27.5 Å². The Bertz CT molecular complexity index is 1310. The van der Waals surface area contributed by atoms with E-state index in [0.717, 1.165) is 0 Å². The van der Waals surface area contributed by atoms with E-state index in [4.69, 9.17) is 11.1 Å². The Morgan fingerprint density at radius 2 is 1.68 bits per heavy atom. The first-order valence-corrected chi connectivity index (χ1v) is 12.2. The van der Waals surface area contributed by atoms with E-state index in [1.54, 1.807) is 12.1 Å². The third-order valence-electron chi connectivity index (χ3n) is 5.68. The van der Waals surface area contributed by atoms with Crippen molar-refractivity contribution in [3.05, 3.63) is 87.2 Å². The number of fused-ring (bicyclic) bond motifs is 2. The summed E-state index contributed by atoms with van der Waals surface area (Å²) in [6.45, 7) is 3.95. The van der Waals surface area contributed by atoms with Crippen molar-refractivity contribution in [1.82, 2.24) is 0 Å². The highest BCUT2D eigenvalue weighted by molar-refractivity contribution is 6.98. The first-order valence-electron chi connectivity index (χ1n) is 9.20. The molecule has 2 aromatic rings. The van der Waals surface area contributed by atoms with Crippen LogP contribution in [0.4, 0.5) is 23.2 Å². The van der Waals surface area contributed by atoms with Crippen LogP contribution < -0.4 is 10.9 Å². The van der Waals surface area contributed by atoms with Gasteiger partial charge in [-0.3, -0.25) is 0 Å². The van der Waals surface area contributed by atoms with E-state index in [2.05, 4.69) is 0 Å². The van der Waals surface area contributed by atoms with Crippen molar-refractivity contribution in [3.8, 4) is 0 Å². The normalized spacial score (nSPS) is 16.7. The predicted molar refractivity (Wildman–Crippen MR) is 112 cm³/mol. The van der Waals surface area contributed by atoms with Crippen LogP contribution in [0.15, 0.2) is 47.2 Å². The molecule has 0 unspecified atom stereocenters. The average molecular weight is 444 g/mol. The molecule has 1 heterocycles. The van der Waals surface area contributed by atoms with Crippen molar-refractivity contribution in [2.45, 2.75) is 13.1 Å². The zero-order valence-electron chi connectivity index (χ0n) is 16.4. The number of benzene rings is 2. The predicted octanol–water partition coefficient (Wildman–Crippen LogP) is 4.31. The van der Waals surface area contributed by atoms with E-state index in [0.29, 0.717) is 27.2 Å². The summed E-state index contributed by atoms with van der Waals surface area (Å²) in [4.78, 5) is 11.8. The van der Waals surface area contributed by atoms with E-state index in [-0.39, 0.29) is 11.3 Å². The average Bonchev–Trinajstić information content (AvgIpc) is 2.70. The van der Waals surface area contributed by atoms with Gasteiger partial charge in [0, 0.05) is 11.3 Å². The summed E-state index contributed by atoms with van der Waals surface area (Å²) in [5.41, 5.74) is 4.98. The molecule has 4 N–H and O–H groups in total. The number of hydrogen-bond acceptors (Lipinski definition) is 3. The molecule has 0 aromatic heterocycles. The second-order valence-electron chi connectivity index (χ2n) is 7.88. The molecule has 9 heteroatoms. The molecule has 158 valence electrons. The minimum absolute atomic E-state index is 0.0791. The molecule has 2 aromatic carbocycles. The van der Waals surface area contributed by atoms with E-state index < -0.39 is 48.4 Å². The van der Waals surface area contributed by atoms with Gasteiger partial charge >= 0.3 is 5.97 Å². The fourth-order valence-corrected chi connectivity index (χ4v) is 7.30. The molecule has 31 heavy (non-hydrogen) atoms. The van der Waals surface area contributed by atoms with Gasteiger partial charge in [-0.1, -0.05) is 25.2 Å². The van der Waals surface area contributed by atoms with Crippen LogP contribution in [0.2, 0.25) is 13.1 Å². The zero-order chi connectivity index (χ0) is 22.8. The lowest BCUT2D eigenvalue weighted by Gasteiger charge is -2.38. The molecule has 0 bridgehead atoms. The van der Waals surface area contributed by atoms with Crippen LogP contribution in [0.1, 0.15) is 21.5 Å². The van der Waals surface area contributed by atoms with E-state index in [1.807, 2.05) is 13.1 Å². The number of nitrogens with one attached hydrogen (secondary N) is 1. The molecule has 0 saturated heterocycles. The molecule has 4 nitrogen and oxygen atoms in total. The summed E-state index contributed by atoms with van der Waals surface area (Å²) in [5.74, 6) is -10.00. The lowest BCUT2D eigenvalue weighted by molar-refractivity contribution is 0.0689. The van der Waals surface area contributed by atoms with Gasteiger partial charge in [0.05, 0.1) is 5.71 Å². The largest absolute Gasteiger partial charge is 0.478 e. The van der Waals surface area contributed by atoms with E-state index in [9.17, 15) is 23.1 Å². The highest BCUT2D eigenvalue weighted by Gasteiger charge is 2.42. The molecule has 0 saturated carbocycles. The SMILES string of the molecule is C[Si]1(C)C2=CC(=N)C=CC2=C(c2c(F)c(F)c(F)c(F)c2C(=O)O)c2ccc(N)cc21. The maximum absolute atomic E-state index is 15.1. The van der Waals surface area contributed by atoms with Crippen molar-refractivity contribution in [2.24, 2.45) is 0 Å². The second-order valence-corrected chi connectivity index (χ2v) is 12.2. The number of carboxylic acid groups (broad SMARTS) is 1. The van der Waals surface area contributed by atoms with Crippen LogP contribution in [0.5, 0.6) is 0 Å². The van der Waals surface area contributed by atoms with Crippen molar-refractivity contribution in [1.29, 1.82) is 5.41 Å². The Hall–Kier alpha value is -3.46. The monoisotopic (exact) mass is 444 g/mol. The van der Waals surface area contributed by atoms with Crippen LogP contribution >= 0.6 is 0 Å². The van der Waals surface area contributed by atoms with Gasteiger partial charge in [-0.25, -0.2) is 22.4 Å². The number of nitrogen functional groups attached to an aromatic ring is 1. The molecular weight excluding hydrogens is 428 g/mol. The molecule has 4 rings (SSSR count). The van der Waals surface area contributed by atoms with Crippen LogP contribution in [-0.2, 0) is 0 Å². The van der Waals surface area contributed by atoms with Crippen LogP contribution in [-0.4, -0.2) is 24.9 Å². The van der Waals surface area contributed by atoms with E-state index in [1.165, 1.54) is 24.3 Å². The molecule has 0 atom stereocenters. The van der Waals surface area contributed by atoms with Crippen LogP contribution in [0, 0.1) is 28.7 Å². The van der Waals surface area contributed by atoms with Crippen molar-refractivity contribution in [3.63, 3.8) is 0 Å². The smallest absolute Gasteiger partial charge is 0.339 e. The molecule has 1 aliphatic carbocycles. The number of allylic oxidation sites excluding steroid dienone is 5. The maximum atomic E-state index is 15.1. The summed E-state index contributed by atoms with van der Waals surface area (Å²) in [7, 11) is -2.52. The second kappa shape index (κ2) is 6.78.